The number of hydrogen-bond acceptors (Lipinski definition) is 3. The van der Waals surface area contributed by atoms with Gasteiger partial charge in [0.25, 0.3) is 0 Å². The molecule has 1 fully saturated rings. The van der Waals surface area contributed by atoms with Crippen molar-refractivity contribution in [3.8, 4) is 0 Å². The Bertz CT molecular complexity index is 190. The van der Waals surface area contributed by atoms with Crippen molar-refractivity contribution in [3.05, 3.63) is 12.7 Å². The van der Waals surface area contributed by atoms with Gasteiger partial charge in [-0.15, -0.1) is 0 Å². The second-order valence-electron chi connectivity index (χ2n) is 3.25. The third-order valence-electron chi connectivity index (χ3n) is 2.00. The van der Waals surface area contributed by atoms with Crippen LogP contribution in [0, 0.1) is 0 Å². The van der Waals surface area contributed by atoms with E-state index in [9.17, 15) is 4.79 Å². The highest BCUT2D eigenvalue weighted by molar-refractivity contribution is 5.86. The highest BCUT2D eigenvalue weighted by Gasteiger charge is 2.20. The van der Waals surface area contributed by atoms with Gasteiger partial charge in [0.2, 0.25) is 5.91 Å². The van der Waals surface area contributed by atoms with Crippen LogP contribution in [0.1, 0.15) is 19.3 Å². The molecule has 4 heteroatoms. The summed E-state index contributed by atoms with van der Waals surface area (Å²) in [7, 11) is 0. The molecule has 0 radical (unpaired) electrons. The maximum atomic E-state index is 10.7. The lowest BCUT2D eigenvalue weighted by molar-refractivity contribution is -0.118. The number of unbranched alkanes of at least 4 members (excludes halogenated alkanes) is 1. The average molecular weight is 199 g/mol. The van der Waals surface area contributed by atoms with Gasteiger partial charge < -0.3 is 14.8 Å². The molecule has 1 N–H and O–H groups in total. The molecule has 1 rings (SSSR count). The minimum absolute atomic E-state index is 0.198. The molecule has 1 unspecified atom stereocenters. The zero-order valence-corrected chi connectivity index (χ0v) is 8.33. The monoisotopic (exact) mass is 199 g/mol. The molecule has 1 aliphatic rings. The van der Waals surface area contributed by atoms with E-state index in [0.29, 0.717) is 12.7 Å². The Morgan fingerprint density at radius 1 is 1.64 bits per heavy atom. The van der Waals surface area contributed by atoms with Crippen LogP contribution in [0.5, 0.6) is 0 Å². The molecule has 0 aromatic carbocycles. The molecule has 1 heterocycles. The molecule has 0 aromatic heterocycles. The van der Waals surface area contributed by atoms with Crippen molar-refractivity contribution in [1.82, 2.24) is 5.32 Å². The first kappa shape index (κ1) is 11.2. The van der Waals surface area contributed by atoms with E-state index in [1.54, 1.807) is 0 Å². The Hall–Kier alpha value is -0.870. The standard InChI is InChI=1S/C10H17NO3/c1-2-10(12)11-8-13-6-4-3-5-9-7-14-9/h2,9H,1,3-8H2,(H,11,12). The molecule has 0 aromatic rings. The largest absolute Gasteiger partial charge is 0.373 e. The fraction of sp³-hybridized carbons (Fsp3) is 0.700. The molecule has 1 saturated heterocycles. The molecule has 1 aliphatic heterocycles. The van der Waals surface area contributed by atoms with Crippen LogP contribution in [0.25, 0.3) is 0 Å². The van der Waals surface area contributed by atoms with E-state index in [4.69, 9.17) is 9.47 Å². The number of carbonyl (C=O) groups excluding carboxylic acids is 1. The zero-order valence-electron chi connectivity index (χ0n) is 8.33. The molecular weight excluding hydrogens is 182 g/mol. The molecular formula is C10H17NO3. The SMILES string of the molecule is C=CC(=O)NCOCCCCC1CO1. The van der Waals surface area contributed by atoms with Gasteiger partial charge in [0.1, 0.15) is 6.73 Å². The van der Waals surface area contributed by atoms with Gasteiger partial charge in [-0.1, -0.05) is 6.58 Å². The van der Waals surface area contributed by atoms with Gasteiger partial charge in [-0.2, -0.15) is 0 Å². The van der Waals surface area contributed by atoms with Crippen LogP contribution >= 0.6 is 0 Å². The third-order valence-corrected chi connectivity index (χ3v) is 2.00. The van der Waals surface area contributed by atoms with Crippen LogP contribution in [0.2, 0.25) is 0 Å². The Morgan fingerprint density at radius 2 is 2.43 bits per heavy atom. The van der Waals surface area contributed by atoms with Crippen molar-refractivity contribution < 1.29 is 14.3 Å². The first-order valence-corrected chi connectivity index (χ1v) is 4.92. The lowest BCUT2D eigenvalue weighted by Gasteiger charge is -2.03. The molecule has 80 valence electrons. The number of hydrogen-bond donors (Lipinski definition) is 1. The van der Waals surface area contributed by atoms with E-state index in [0.717, 1.165) is 25.9 Å². The third kappa shape index (κ3) is 5.72. The lowest BCUT2D eigenvalue weighted by atomic mass is 10.2. The van der Waals surface area contributed by atoms with E-state index >= 15 is 0 Å². The number of nitrogens with one attached hydrogen (secondary N) is 1. The van der Waals surface area contributed by atoms with E-state index in [1.165, 1.54) is 6.08 Å². The van der Waals surface area contributed by atoms with Crippen molar-refractivity contribution in [2.75, 3.05) is 19.9 Å². The second-order valence-corrected chi connectivity index (χ2v) is 3.25. The summed E-state index contributed by atoms with van der Waals surface area (Å²) >= 11 is 0. The Labute approximate surface area is 84.3 Å². The van der Waals surface area contributed by atoms with Gasteiger partial charge in [-0.05, 0) is 25.3 Å². The van der Waals surface area contributed by atoms with Crippen LogP contribution in [-0.2, 0) is 14.3 Å². The van der Waals surface area contributed by atoms with E-state index in [1.807, 2.05) is 0 Å². The van der Waals surface area contributed by atoms with Crippen molar-refractivity contribution in [1.29, 1.82) is 0 Å². The molecule has 4 nitrogen and oxygen atoms in total. The number of rotatable bonds is 8. The maximum absolute atomic E-state index is 10.7. The Balaban J connectivity index is 1.74. The van der Waals surface area contributed by atoms with E-state index < -0.39 is 0 Å². The topological polar surface area (TPSA) is 50.9 Å². The molecule has 0 saturated carbocycles. The predicted molar refractivity (Wildman–Crippen MR) is 52.7 cm³/mol. The van der Waals surface area contributed by atoms with Crippen LogP contribution in [0.3, 0.4) is 0 Å². The van der Waals surface area contributed by atoms with Crippen molar-refractivity contribution in [3.63, 3.8) is 0 Å². The highest BCUT2D eigenvalue weighted by atomic mass is 16.6. The fourth-order valence-electron chi connectivity index (χ4n) is 1.08. The second kappa shape index (κ2) is 6.56. The number of carbonyl (C=O) groups is 1. The van der Waals surface area contributed by atoms with Crippen LogP contribution in [-0.4, -0.2) is 32.0 Å². The molecule has 0 bridgehead atoms. The summed E-state index contributed by atoms with van der Waals surface area (Å²) in [6.45, 7) is 5.21. The summed E-state index contributed by atoms with van der Waals surface area (Å²) in [5, 5.41) is 2.54. The maximum Gasteiger partial charge on any atom is 0.245 e. The number of epoxide rings is 1. The number of ether oxygens (including phenoxy) is 2. The minimum atomic E-state index is -0.198. The van der Waals surface area contributed by atoms with E-state index in [2.05, 4.69) is 11.9 Å². The highest BCUT2D eigenvalue weighted by Crippen LogP contribution is 2.16. The Kier molecular flexibility index (Phi) is 5.25. The first-order valence-electron chi connectivity index (χ1n) is 4.92. The molecule has 1 atom stereocenters. The van der Waals surface area contributed by atoms with Crippen LogP contribution < -0.4 is 5.32 Å². The lowest BCUT2D eigenvalue weighted by Crippen LogP contribution is -2.24. The van der Waals surface area contributed by atoms with Crippen molar-refractivity contribution in [2.45, 2.75) is 25.4 Å². The molecule has 0 aliphatic carbocycles. The molecule has 1 amide bonds. The molecule has 14 heavy (non-hydrogen) atoms. The summed E-state index contributed by atoms with van der Waals surface area (Å²) in [6.07, 6.45) is 5.01. The number of amides is 1. The fourth-order valence-corrected chi connectivity index (χ4v) is 1.08. The predicted octanol–water partition coefficient (Wildman–Crippen LogP) is 0.832. The van der Waals surface area contributed by atoms with E-state index in [-0.39, 0.29) is 12.6 Å². The Morgan fingerprint density at radius 3 is 3.07 bits per heavy atom. The van der Waals surface area contributed by atoms with Gasteiger partial charge in [0.05, 0.1) is 12.7 Å². The van der Waals surface area contributed by atoms with Gasteiger partial charge in [0.15, 0.2) is 0 Å². The smallest absolute Gasteiger partial charge is 0.245 e. The minimum Gasteiger partial charge on any atom is -0.373 e. The van der Waals surface area contributed by atoms with Gasteiger partial charge >= 0.3 is 0 Å². The van der Waals surface area contributed by atoms with Crippen molar-refractivity contribution in [2.24, 2.45) is 0 Å². The molecule has 0 spiro atoms. The first-order chi connectivity index (χ1) is 6.83. The summed E-state index contributed by atoms with van der Waals surface area (Å²) < 4.78 is 10.3. The van der Waals surface area contributed by atoms with Crippen LogP contribution in [0.4, 0.5) is 0 Å². The average Bonchev–Trinajstić information content (AvgIpc) is 2.99. The van der Waals surface area contributed by atoms with Gasteiger partial charge in [0, 0.05) is 6.61 Å². The van der Waals surface area contributed by atoms with Crippen LogP contribution in [0.15, 0.2) is 12.7 Å². The van der Waals surface area contributed by atoms with Gasteiger partial charge in [-0.3, -0.25) is 4.79 Å². The summed E-state index contributed by atoms with van der Waals surface area (Å²) in [6, 6.07) is 0. The van der Waals surface area contributed by atoms with Crippen molar-refractivity contribution >= 4 is 5.91 Å². The summed E-state index contributed by atoms with van der Waals surface area (Å²) in [4.78, 5) is 10.7. The summed E-state index contributed by atoms with van der Waals surface area (Å²) in [5.41, 5.74) is 0. The normalized spacial score (nSPS) is 19.0. The quantitative estimate of drug-likeness (QED) is 0.273. The van der Waals surface area contributed by atoms with Gasteiger partial charge in [-0.25, -0.2) is 0 Å². The zero-order chi connectivity index (χ0) is 10.2. The summed E-state index contributed by atoms with van der Waals surface area (Å²) in [5.74, 6) is -0.198.